The zero-order chi connectivity index (χ0) is 26.4. The third-order valence-corrected chi connectivity index (χ3v) is 5.93. The number of phenols is 1. The molecule has 0 bridgehead atoms. The van der Waals surface area contributed by atoms with Crippen molar-refractivity contribution in [2.24, 2.45) is 0 Å². The Bertz CT molecular complexity index is 1410. The van der Waals surface area contributed by atoms with E-state index in [1.807, 2.05) is 0 Å². The SMILES string of the molecule is COC[C@H](Cc1ccc(O)cc1)NC(=O)c1cc(C(=O)O)c2cc(COc3ccc(Cl)cc3)ccc2n1. The summed E-state index contributed by atoms with van der Waals surface area (Å²) in [7, 11) is 1.53. The highest BCUT2D eigenvalue weighted by Crippen LogP contribution is 2.23. The Labute approximate surface area is 218 Å². The minimum Gasteiger partial charge on any atom is -0.508 e. The fourth-order valence-electron chi connectivity index (χ4n) is 3.88. The first-order chi connectivity index (χ1) is 17.8. The topological polar surface area (TPSA) is 118 Å². The van der Waals surface area contributed by atoms with Crippen molar-refractivity contribution in [1.82, 2.24) is 10.3 Å². The largest absolute Gasteiger partial charge is 0.508 e. The summed E-state index contributed by atoms with van der Waals surface area (Å²) < 4.78 is 11.0. The summed E-state index contributed by atoms with van der Waals surface area (Å²) >= 11 is 5.90. The average molecular weight is 521 g/mol. The first kappa shape index (κ1) is 25.9. The Hall–Kier alpha value is -4.14. The van der Waals surface area contributed by atoms with Gasteiger partial charge in [0.1, 0.15) is 23.8 Å². The Morgan fingerprint density at radius 1 is 1.00 bits per heavy atom. The summed E-state index contributed by atoms with van der Waals surface area (Å²) in [6, 6.07) is 19.6. The van der Waals surface area contributed by atoms with Crippen molar-refractivity contribution in [3.8, 4) is 11.5 Å². The molecule has 37 heavy (non-hydrogen) atoms. The second kappa shape index (κ2) is 11.7. The number of benzene rings is 3. The summed E-state index contributed by atoms with van der Waals surface area (Å²) in [6.07, 6.45) is 0.455. The van der Waals surface area contributed by atoms with E-state index >= 15 is 0 Å². The normalized spacial score (nSPS) is 11.7. The molecular formula is C28H25ClN2O6. The summed E-state index contributed by atoms with van der Waals surface area (Å²) in [6.45, 7) is 0.456. The van der Waals surface area contributed by atoms with E-state index < -0.39 is 11.9 Å². The molecule has 0 saturated carbocycles. The highest BCUT2D eigenvalue weighted by Gasteiger charge is 2.20. The quantitative estimate of drug-likeness (QED) is 0.273. The van der Waals surface area contributed by atoms with Gasteiger partial charge in [-0.05, 0) is 72.1 Å². The van der Waals surface area contributed by atoms with Crippen LogP contribution in [0, 0.1) is 0 Å². The minimum atomic E-state index is -1.17. The van der Waals surface area contributed by atoms with Crippen LogP contribution < -0.4 is 10.1 Å². The van der Waals surface area contributed by atoms with Gasteiger partial charge in [-0.3, -0.25) is 4.79 Å². The number of carboxylic acid groups (broad SMARTS) is 1. The molecule has 1 heterocycles. The van der Waals surface area contributed by atoms with Crippen molar-refractivity contribution in [2.75, 3.05) is 13.7 Å². The van der Waals surface area contributed by atoms with Crippen molar-refractivity contribution >= 4 is 34.4 Å². The van der Waals surface area contributed by atoms with Crippen molar-refractivity contribution in [2.45, 2.75) is 19.1 Å². The van der Waals surface area contributed by atoms with Gasteiger partial charge >= 0.3 is 5.97 Å². The van der Waals surface area contributed by atoms with Gasteiger partial charge in [-0.15, -0.1) is 0 Å². The van der Waals surface area contributed by atoms with Crippen molar-refractivity contribution in [3.63, 3.8) is 0 Å². The zero-order valence-electron chi connectivity index (χ0n) is 20.0. The van der Waals surface area contributed by atoms with Gasteiger partial charge in [0, 0.05) is 17.5 Å². The molecule has 8 nitrogen and oxygen atoms in total. The standard InChI is InChI=1S/C28H25ClN2O6/c1-36-16-20(12-17-2-7-21(32)8-3-17)30-27(33)26-14-24(28(34)35)23-13-18(4-11-25(23)31-26)15-37-22-9-5-19(29)6-10-22/h2-11,13-14,20,32H,12,15-16H2,1H3,(H,30,33)(H,34,35)/t20-/m0/s1. The molecule has 1 atom stereocenters. The maximum Gasteiger partial charge on any atom is 0.336 e. The van der Waals surface area contributed by atoms with E-state index in [1.54, 1.807) is 66.7 Å². The molecule has 9 heteroatoms. The van der Waals surface area contributed by atoms with E-state index in [0.29, 0.717) is 28.1 Å². The number of hydrogen-bond acceptors (Lipinski definition) is 6. The van der Waals surface area contributed by atoms with Gasteiger partial charge in [-0.2, -0.15) is 0 Å². The summed E-state index contributed by atoms with van der Waals surface area (Å²) in [5.41, 5.74) is 1.97. The average Bonchev–Trinajstić information content (AvgIpc) is 2.89. The van der Waals surface area contributed by atoms with Gasteiger partial charge in [-0.25, -0.2) is 9.78 Å². The number of fused-ring (bicyclic) bond motifs is 1. The number of aromatic hydroxyl groups is 1. The first-order valence-electron chi connectivity index (χ1n) is 11.5. The van der Waals surface area contributed by atoms with E-state index in [0.717, 1.165) is 11.1 Å². The molecule has 4 aromatic rings. The molecule has 3 aromatic carbocycles. The molecule has 4 rings (SSSR count). The number of methoxy groups -OCH3 is 1. The molecular weight excluding hydrogens is 496 g/mol. The predicted octanol–water partition coefficient (Wildman–Crippen LogP) is 4.86. The smallest absolute Gasteiger partial charge is 0.336 e. The zero-order valence-corrected chi connectivity index (χ0v) is 20.7. The molecule has 0 spiro atoms. The number of nitrogens with one attached hydrogen (secondary N) is 1. The van der Waals surface area contributed by atoms with Crippen LogP contribution in [0.25, 0.3) is 10.9 Å². The highest BCUT2D eigenvalue weighted by molar-refractivity contribution is 6.30. The Morgan fingerprint density at radius 2 is 1.70 bits per heavy atom. The van der Waals surface area contributed by atoms with E-state index in [9.17, 15) is 19.8 Å². The lowest BCUT2D eigenvalue weighted by Gasteiger charge is -2.18. The number of pyridine rings is 1. The Balaban J connectivity index is 1.54. The first-order valence-corrected chi connectivity index (χ1v) is 11.8. The van der Waals surface area contributed by atoms with Crippen LogP contribution in [0.3, 0.4) is 0 Å². The van der Waals surface area contributed by atoms with Crippen molar-refractivity contribution in [3.05, 3.63) is 100 Å². The molecule has 190 valence electrons. The van der Waals surface area contributed by atoms with E-state index in [-0.39, 0.29) is 36.3 Å². The Morgan fingerprint density at radius 3 is 2.38 bits per heavy atom. The third kappa shape index (κ3) is 6.75. The number of amides is 1. The second-order valence-corrected chi connectivity index (χ2v) is 8.89. The number of phenolic OH excluding ortho intramolecular Hbond substituents is 1. The third-order valence-electron chi connectivity index (χ3n) is 5.68. The van der Waals surface area contributed by atoms with Crippen LogP contribution in [-0.4, -0.2) is 46.8 Å². The minimum absolute atomic E-state index is 0.0122. The van der Waals surface area contributed by atoms with Crippen LogP contribution in [0.15, 0.2) is 72.8 Å². The van der Waals surface area contributed by atoms with Crippen molar-refractivity contribution < 1.29 is 29.3 Å². The molecule has 3 N–H and O–H groups in total. The number of carbonyl (C=O) groups excluding carboxylic acids is 1. The monoisotopic (exact) mass is 520 g/mol. The van der Waals surface area contributed by atoms with Crippen LogP contribution >= 0.6 is 11.6 Å². The Kier molecular flexibility index (Phi) is 8.22. The van der Waals surface area contributed by atoms with Crippen LogP contribution in [0.4, 0.5) is 0 Å². The van der Waals surface area contributed by atoms with Crippen LogP contribution in [0.2, 0.25) is 5.02 Å². The number of carboxylic acids is 1. The highest BCUT2D eigenvalue weighted by atomic mass is 35.5. The van der Waals surface area contributed by atoms with Gasteiger partial charge in [0.15, 0.2) is 0 Å². The number of carbonyl (C=O) groups is 2. The number of aromatic nitrogens is 1. The van der Waals surface area contributed by atoms with Gasteiger partial charge in [-0.1, -0.05) is 29.8 Å². The summed E-state index contributed by atoms with van der Waals surface area (Å²) in [4.78, 5) is 29.5. The lowest BCUT2D eigenvalue weighted by Crippen LogP contribution is -2.40. The van der Waals surface area contributed by atoms with Crippen LogP contribution in [-0.2, 0) is 17.8 Å². The molecule has 1 amide bonds. The molecule has 0 aliphatic rings. The summed E-state index contributed by atoms with van der Waals surface area (Å²) in [5, 5.41) is 23.2. The molecule has 0 aliphatic heterocycles. The summed E-state index contributed by atoms with van der Waals surface area (Å²) in [5.74, 6) is -0.904. The number of hydrogen-bond donors (Lipinski definition) is 3. The number of rotatable bonds is 10. The number of aromatic carboxylic acids is 1. The lowest BCUT2D eigenvalue weighted by molar-refractivity contribution is 0.0699. The molecule has 0 saturated heterocycles. The molecule has 0 radical (unpaired) electrons. The molecule has 1 aromatic heterocycles. The molecule has 0 aliphatic carbocycles. The fourth-order valence-corrected chi connectivity index (χ4v) is 4.01. The maximum atomic E-state index is 13.1. The molecule has 0 fully saturated rings. The van der Waals surface area contributed by atoms with Gasteiger partial charge in [0.25, 0.3) is 5.91 Å². The van der Waals surface area contributed by atoms with Gasteiger partial charge in [0.2, 0.25) is 0 Å². The number of ether oxygens (including phenoxy) is 2. The fraction of sp³-hybridized carbons (Fsp3) is 0.179. The van der Waals surface area contributed by atoms with E-state index in [1.165, 1.54) is 13.2 Å². The van der Waals surface area contributed by atoms with Crippen LogP contribution in [0.1, 0.15) is 32.0 Å². The second-order valence-electron chi connectivity index (χ2n) is 8.45. The van der Waals surface area contributed by atoms with Crippen LogP contribution in [0.5, 0.6) is 11.5 Å². The van der Waals surface area contributed by atoms with E-state index in [4.69, 9.17) is 21.1 Å². The lowest BCUT2D eigenvalue weighted by atomic mass is 10.0. The maximum absolute atomic E-state index is 13.1. The number of nitrogens with zero attached hydrogens (tertiary/aromatic N) is 1. The number of halogens is 1. The van der Waals surface area contributed by atoms with E-state index in [2.05, 4.69) is 10.3 Å². The molecule has 0 unspecified atom stereocenters. The van der Waals surface area contributed by atoms with Gasteiger partial charge < -0.3 is 25.0 Å². The van der Waals surface area contributed by atoms with Crippen molar-refractivity contribution in [1.29, 1.82) is 0 Å². The predicted molar refractivity (Wildman–Crippen MR) is 139 cm³/mol. The van der Waals surface area contributed by atoms with Gasteiger partial charge in [0.05, 0.1) is 23.7 Å².